The fraction of sp³-hybridized carbons (Fsp3) is 0.333. The van der Waals surface area contributed by atoms with Crippen LogP contribution in [0.1, 0.15) is 42.6 Å². The lowest BCUT2D eigenvalue weighted by molar-refractivity contribution is -0.122. The summed E-state index contributed by atoms with van der Waals surface area (Å²) in [5, 5.41) is 5.67. The third-order valence-electron chi connectivity index (χ3n) is 4.00. The summed E-state index contributed by atoms with van der Waals surface area (Å²) in [6, 6.07) is 14.4. The molecule has 0 saturated carbocycles. The van der Waals surface area contributed by atoms with Gasteiger partial charge in [-0.15, -0.1) is 0 Å². The number of carbonyl (C=O) groups excluding carboxylic acids is 2. The smallest absolute Gasteiger partial charge is 0.265 e. The maximum absolute atomic E-state index is 12.3. The molecule has 138 valence electrons. The van der Waals surface area contributed by atoms with Crippen molar-refractivity contribution in [3.05, 3.63) is 59.7 Å². The zero-order valence-corrected chi connectivity index (χ0v) is 15.5. The molecule has 26 heavy (non-hydrogen) atoms. The number of rotatable bonds is 8. The molecule has 2 rings (SSSR count). The van der Waals surface area contributed by atoms with Crippen molar-refractivity contribution >= 4 is 17.5 Å². The van der Waals surface area contributed by atoms with E-state index in [1.807, 2.05) is 31.2 Å². The number of carbonyl (C=O) groups is 2. The number of hydrogen-bond acceptors (Lipinski definition) is 3. The molecule has 2 N–H and O–H groups in total. The van der Waals surface area contributed by atoms with Crippen molar-refractivity contribution in [2.24, 2.45) is 0 Å². The molecular weight excluding hydrogens is 328 g/mol. The predicted molar refractivity (Wildman–Crippen MR) is 104 cm³/mol. The second-order valence-electron chi connectivity index (χ2n) is 6.20. The number of nitrogens with one attached hydrogen (secondary N) is 2. The van der Waals surface area contributed by atoms with Gasteiger partial charge in [-0.3, -0.25) is 9.59 Å². The third kappa shape index (κ3) is 5.62. The Morgan fingerprint density at radius 1 is 1.08 bits per heavy atom. The predicted octanol–water partition coefficient (Wildman–Crippen LogP) is 3.93. The van der Waals surface area contributed by atoms with Gasteiger partial charge in [0, 0.05) is 17.8 Å². The first-order chi connectivity index (χ1) is 12.5. The van der Waals surface area contributed by atoms with Gasteiger partial charge < -0.3 is 15.4 Å². The van der Waals surface area contributed by atoms with Gasteiger partial charge in [-0.1, -0.05) is 31.5 Å². The molecule has 0 aliphatic rings. The molecule has 1 atom stereocenters. The molecule has 0 saturated heterocycles. The molecule has 0 aliphatic heterocycles. The van der Waals surface area contributed by atoms with Gasteiger partial charge >= 0.3 is 0 Å². The highest BCUT2D eigenvalue weighted by Gasteiger charge is 2.16. The van der Waals surface area contributed by atoms with Crippen LogP contribution in [0.2, 0.25) is 0 Å². The number of anilines is 1. The van der Waals surface area contributed by atoms with Crippen molar-refractivity contribution in [2.45, 2.75) is 39.7 Å². The average Bonchev–Trinajstić information content (AvgIpc) is 2.64. The van der Waals surface area contributed by atoms with Gasteiger partial charge in [0.2, 0.25) is 0 Å². The van der Waals surface area contributed by atoms with Gasteiger partial charge in [0.15, 0.2) is 6.10 Å². The lowest BCUT2D eigenvalue weighted by atomic mass is 10.2. The fourth-order valence-electron chi connectivity index (χ4n) is 2.36. The van der Waals surface area contributed by atoms with E-state index >= 15 is 0 Å². The van der Waals surface area contributed by atoms with E-state index in [2.05, 4.69) is 17.6 Å². The van der Waals surface area contributed by atoms with Gasteiger partial charge in [-0.05, 0) is 56.2 Å². The van der Waals surface area contributed by atoms with E-state index in [9.17, 15) is 9.59 Å². The van der Waals surface area contributed by atoms with E-state index in [0.717, 1.165) is 18.4 Å². The Kier molecular flexibility index (Phi) is 7.21. The number of hydrogen-bond donors (Lipinski definition) is 2. The Labute approximate surface area is 154 Å². The van der Waals surface area contributed by atoms with Crippen molar-refractivity contribution in [2.75, 3.05) is 11.9 Å². The van der Waals surface area contributed by atoms with Crippen molar-refractivity contribution in [3.63, 3.8) is 0 Å². The summed E-state index contributed by atoms with van der Waals surface area (Å²) < 4.78 is 5.72. The minimum Gasteiger partial charge on any atom is -0.481 e. The molecule has 0 heterocycles. The Balaban J connectivity index is 1.90. The van der Waals surface area contributed by atoms with E-state index < -0.39 is 6.10 Å². The van der Waals surface area contributed by atoms with E-state index in [1.54, 1.807) is 31.2 Å². The van der Waals surface area contributed by atoms with Crippen LogP contribution in [0.15, 0.2) is 48.5 Å². The average molecular weight is 354 g/mol. The summed E-state index contributed by atoms with van der Waals surface area (Å²) >= 11 is 0. The zero-order chi connectivity index (χ0) is 18.9. The molecule has 5 heteroatoms. The van der Waals surface area contributed by atoms with Crippen molar-refractivity contribution in [1.29, 1.82) is 0 Å². The number of para-hydroxylation sites is 1. The van der Waals surface area contributed by atoms with Crippen LogP contribution in [0.5, 0.6) is 5.75 Å². The van der Waals surface area contributed by atoms with Gasteiger partial charge in [-0.25, -0.2) is 0 Å². The van der Waals surface area contributed by atoms with Crippen LogP contribution in [0.3, 0.4) is 0 Å². The van der Waals surface area contributed by atoms with Crippen LogP contribution in [-0.2, 0) is 4.79 Å². The molecule has 0 spiro atoms. The van der Waals surface area contributed by atoms with Crippen LogP contribution >= 0.6 is 0 Å². The van der Waals surface area contributed by atoms with Crippen molar-refractivity contribution in [3.8, 4) is 5.75 Å². The normalized spacial score (nSPS) is 11.5. The minimum absolute atomic E-state index is 0.104. The molecule has 0 radical (unpaired) electrons. The molecule has 2 amide bonds. The Bertz CT molecular complexity index is 741. The highest BCUT2D eigenvalue weighted by atomic mass is 16.5. The van der Waals surface area contributed by atoms with Crippen LogP contribution in [-0.4, -0.2) is 24.5 Å². The van der Waals surface area contributed by atoms with Crippen molar-refractivity contribution < 1.29 is 14.3 Å². The summed E-state index contributed by atoms with van der Waals surface area (Å²) in [5.41, 5.74) is 2.18. The molecule has 1 unspecified atom stereocenters. The van der Waals surface area contributed by atoms with Gasteiger partial charge in [0.25, 0.3) is 11.8 Å². The number of unbranched alkanes of at least 4 members (excludes halogenated alkanes) is 1. The van der Waals surface area contributed by atoms with E-state index in [0.29, 0.717) is 23.5 Å². The van der Waals surface area contributed by atoms with Gasteiger partial charge in [0.05, 0.1) is 0 Å². The number of amides is 2. The Morgan fingerprint density at radius 3 is 2.42 bits per heavy atom. The molecular formula is C21H26N2O3. The summed E-state index contributed by atoms with van der Waals surface area (Å²) in [6.07, 6.45) is 1.36. The van der Waals surface area contributed by atoms with Crippen LogP contribution in [0.25, 0.3) is 0 Å². The molecule has 0 aromatic heterocycles. The van der Waals surface area contributed by atoms with E-state index in [1.165, 1.54) is 0 Å². The Morgan fingerprint density at radius 2 is 1.77 bits per heavy atom. The van der Waals surface area contributed by atoms with Crippen LogP contribution in [0.4, 0.5) is 5.69 Å². The quantitative estimate of drug-likeness (QED) is 0.706. The number of benzene rings is 2. The third-order valence-corrected chi connectivity index (χ3v) is 4.00. The van der Waals surface area contributed by atoms with Gasteiger partial charge in [-0.2, -0.15) is 0 Å². The first-order valence-corrected chi connectivity index (χ1v) is 8.92. The van der Waals surface area contributed by atoms with Gasteiger partial charge in [0.1, 0.15) is 5.75 Å². The van der Waals surface area contributed by atoms with Crippen LogP contribution in [0, 0.1) is 6.92 Å². The SMILES string of the molecule is CCCCNC(=O)c1ccc(NC(=O)C(C)Oc2ccccc2C)cc1. The molecule has 2 aromatic carbocycles. The summed E-state index contributed by atoms with van der Waals surface area (Å²) in [6.45, 7) is 6.39. The van der Waals surface area contributed by atoms with E-state index in [-0.39, 0.29) is 11.8 Å². The minimum atomic E-state index is -0.631. The largest absolute Gasteiger partial charge is 0.481 e. The lowest BCUT2D eigenvalue weighted by Gasteiger charge is -2.16. The zero-order valence-electron chi connectivity index (χ0n) is 15.5. The van der Waals surface area contributed by atoms with Crippen molar-refractivity contribution in [1.82, 2.24) is 5.32 Å². The monoisotopic (exact) mass is 354 g/mol. The molecule has 5 nitrogen and oxygen atoms in total. The summed E-state index contributed by atoms with van der Waals surface area (Å²) in [7, 11) is 0. The Hall–Kier alpha value is -2.82. The standard InChI is InChI=1S/C21H26N2O3/c1-4-5-14-22-21(25)17-10-12-18(13-11-17)23-20(24)16(3)26-19-9-7-6-8-15(19)2/h6-13,16H,4-5,14H2,1-3H3,(H,22,25)(H,23,24). The highest BCUT2D eigenvalue weighted by molar-refractivity contribution is 5.96. The fourth-order valence-corrected chi connectivity index (χ4v) is 2.36. The topological polar surface area (TPSA) is 67.4 Å². The second-order valence-corrected chi connectivity index (χ2v) is 6.20. The number of ether oxygens (including phenoxy) is 1. The molecule has 2 aromatic rings. The first-order valence-electron chi connectivity index (χ1n) is 8.92. The summed E-state index contributed by atoms with van der Waals surface area (Å²) in [4.78, 5) is 24.3. The lowest BCUT2D eigenvalue weighted by Crippen LogP contribution is -2.30. The van der Waals surface area contributed by atoms with E-state index in [4.69, 9.17) is 4.74 Å². The first kappa shape index (κ1) is 19.5. The highest BCUT2D eigenvalue weighted by Crippen LogP contribution is 2.18. The second kappa shape index (κ2) is 9.61. The molecule has 0 bridgehead atoms. The molecule has 0 fully saturated rings. The number of aryl methyl sites for hydroxylation is 1. The summed E-state index contributed by atoms with van der Waals surface area (Å²) in [5.74, 6) is 0.343. The maximum Gasteiger partial charge on any atom is 0.265 e. The molecule has 0 aliphatic carbocycles. The maximum atomic E-state index is 12.3. The van der Waals surface area contributed by atoms with Crippen LogP contribution < -0.4 is 15.4 Å².